The Morgan fingerprint density at radius 1 is 1.35 bits per heavy atom. The van der Waals surface area contributed by atoms with Crippen molar-refractivity contribution in [2.24, 2.45) is 5.73 Å². The molecule has 0 aromatic heterocycles. The molecule has 0 fully saturated rings. The topological polar surface area (TPSA) is 64.3 Å². The van der Waals surface area contributed by atoms with Crippen LogP contribution in [0.5, 0.6) is 5.75 Å². The highest BCUT2D eigenvalue weighted by atomic mass is 16.5. The van der Waals surface area contributed by atoms with Crippen molar-refractivity contribution in [3.8, 4) is 5.75 Å². The summed E-state index contributed by atoms with van der Waals surface area (Å²) in [6.07, 6.45) is 0. The molecule has 1 rings (SSSR count). The maximum absolute atomic E-state index is 11.7. The van der Waals surface area contributed by atoms with Gasteiger partial charge in [0.15, 0.2) is 0 Å². The molecule has 0 saturated heterocycles. The number of amides is 1. The molecule has 0 aliphatic carbocycles. The number of methoxy groups -OCH3 is 1. The van der Waals surface area contributed by atoms with Crippen LogP contribution in [0.1, 0.15) is 32.4 Å². The Labute approximate surface area is 102 Å². The molecule has 0 aliphatic heterocycles. The predicted octanol–water partition coefficient (Wildman–Crippen LogP) is 1.61. The molecule has 0 spiro atoms. The molecule has 0 aliphatic rings. The van der Waals surface area contributed by atoms with Gasteiger partial charge in [0.2, 0.25) is 5.91 Å². The van der Waals surface area contributed by atoms with Gasteiger partial charge in [-0.25, -0.2) is 0 Å². The van der Waals surface area contributed by atoms with Gasteiger partial charge in [-0.2, -0.15) is 0 Å². The molecule has 0 unspecified atom stereocenters. The second-order valence-corrected chi connectivity index (χ2v) is 4.69. The molecule has 17 heavy (non-hydrogen) atoms. The van der Waals surface area contributed by atoms with Crippen LogP contribution in [0.15, 0.2) is 24.3 Å². The van der Waals surface area contributed by atoms with Gasteiger partial charge in [-0.05, 0) is 38.5 Å². The number of benzene rings is 1. The van der Waals surface area contributed by atoms with Crippen molar-refractivity contribution in [3.63, 3.8) is 0 Å². The molecule has 0 radical (unpaired) electrons. The first-order valence-electron chi connectivity index (χ1n) is 5.58. The number of hydrogen-bond acceptors (Lipinski definition) is 3. The van der Waals surface area contributed by atoms with E-state index < -0.39 is 5.54 Å². The predicted molar refractivity (Wildman–Crippen MR) is 67.8 cm³/mol. The SMILES string of the molecule is COc1ccc([C@@H](C)NC(=O)C(C)(C)N)cc1. The fourth-order valence-electron chi connectivity index (χ4n) is 1.36. The highest BCUT2D eigenvalue weighted by Gasteiger charge is 2.23. The summed E-state index contributed by atoms with van der Waals surface area (Å²) in [5, 5.41) is 2.87. The molecule has 3 N–H and O–H groups in total. The second kappa shape index (κ2) is 5.19. The van der Waals surface area contributed by atoms with Crippen molar-refractivity contribution in [1.82, 2.24) is 5.32 Å². The summed E-state index contributed by atoms with van der Waals surface area (Å²) in [6.45, 7) is 5.29. The van der Waals surface area contributed by atoms with Gasteiger partial charge >= 0.3 is 0 Å². The van der Waals surface area contributed by atoms with E-state index in [1.54, 1.807) is 21.0 Å². The number of carbonyl (C=O) groups excluding carboxylic acids is 1. The van der Waals surface area contributed by atoms with Crippen molar-refractivity contribution in [3.05, 3.63) is 29.8 Å². The fraction of sp³-hybridized carbons (Fsp3) is 0.462. The molecule has 4 heteroatoms. The van der Waals surface area contributed by atoms with Gasteiger partial charge in [-0.3, -0.25) is 4.79 Å². The van der Waals surface area contributed by atoms with Crippen LogP contribution in [0.4, 0.5) is 0 Å². The van der Waals surface area contributed by atoms with Crippen LogP contribution in [0, 0.1) is 0 Å². The third kappa shape index (κ3) is 3.75. The first-order valence-corrected chi connectivity index (χ1v) is 5.58. The quantitative estimate of drug-likeness (QED) is 0.834. The van der Waals surface area contributed by atoms with E-state index in [9.17, 15) is 4.79 Å². The first-order chi connectivity index (χ1) is 7.84. The van der Waals surface area contributed by atoms with E-state index in [1.165, 1.54) is 0 Å². The summed E-state index contributed by atoms with van der Waals surface area (Å²) in [6, 6.07) is 7.51. The standard InChI is InChI=1S/C13H20N2O2/c1-9(15-12(16)13(2,3)14)10-5-7-11(17-4)8-6-10/h5-9H,14H2,1-4H3,(H,15,16)/t9-/m1/s1. The lowest BCUT2D eigenvalue weighted by molar-refractivity contribution is -0.125. The zero-order valence-corrected chi connectivity index (χ0v) is 10.8. The lowest BCUT2D eigenvalue weighted by Crippen LogP contribution is -2.49. The van der Waals surface area contributed by atoms with Crippen LogP contribution in [0.25, 0.3) is 0 Å². The highest BCUT2D eigenvalue weighted by molar-refractivity contribution is 5.85. The number of nitrogens with one attached hydrogen (secondary N) is 1. The summed E-state index contributed by atoms with van der Waals surface area (Å²) >= 11 is 0. The van der Waals surface area contributed by atoms with E-state index >= 15 is 0 Å². The summed E-state index contributed by atoms with van der Waals surface area (Å²) in [4.78, 5) is 11.7. The molecule has 1 aromatic carbocycles. The van der Waals surface area contributed by atoms with Gasteiger partial charge < -0.3 is 15.8 Å². The number of nitrogens with two attached hydrogens (primary N) is 1. The lowest BCUT2D eigenvalue weighted by atomic mass is 10.0. The Hall–Kier alpha value is -1.55. The minimum atomic E-state index is -0.860. The van der Waals surface area contributed by atoms with E-state index in [0.29, 0.717) is 0 Å². The van der Waals surface area contributed by atoms with Crippen LogP contribution < -0.4 is 15.8 Å². The molecule has 0 bridgehead atoms. The van der Waals surface area contributed by atoms with Crippen LogP contribution in [0.3, 0.4) is 0 Å². The third-order valence-electron chi connectivity index (χ3n) is 2.55. The number of ether oxygens (including phenoxy) is 1. The minimum Gasteiger partial charge on any atom is -0.497 e. The van der Waals surface area contributed by atoms with Crippen molar-refractivity contribution in [2.75, 3.05) is 7.11 Å². The molecule has 94 valence electrons. The Kier molecular flexibility index (Phi) is 4.12. The fourth-order valence-corrected chi connectivity index (χ4v) is 1.36. The average Bonchev–Trinajstić information content (AvgIpc) is 2.27. The van der Waals surface area contributed by atoms with E-state index in [1.807, 2.05) is 31.2 Å². The van der Waals surface area contributed by atoms with Gasteiger partial charge in [0.05, 0.1) is 18.7 Å². The number of carbonyl (C=O) groups is 1. The molecule has 1 amide bonds. The van der Waals surface area contributed by atoms with Gasteiger partial charge in [0.25, 0.3) is 0 Å². The Morgan fingerprint density at radius 3 is 2.29 bits per heavy atom. The van der Waals surface area contributed by atoms with Crippen LogP contribution in [-0.2, 0) is 4.79 Å². The average molecular weight is 236 g/mol. The minimum absolute atomic E-state index is 0.0729. The van der Waals surface area contributed by atoms with Crippen LogP contribution >= 0.6 is 0 Å². The normalized spacial score (nSPS) is 13.0. The highest BCUT2D eigenvalue weighted by Crippen LogP contribution is 2.17. The maximum atomic E-state index is 11.7. The smallest absolute Gasteiger partial charge is 0.239 e. The second-order valence-electron chi connectivity index (χ2n) is 4.69. The molecule has 4 nitrogen and oxygen atoms in total. The van der Waals surface area contributed by atoms with Gasteiger partial charge in [0, 0.05) is 0 Å². The molecular formula is C13H20N2O2. The summed E-state index contributed by atoms with van der Waals surface area (Å²) in [5.41, 5.74) is 5.88. The Morgan fingerprint density at radius 2 is 1.88 bits per heavy atom. The zero-order chi connectivity index (χ0) is 13.1. The van der Waals surface area contributed by atoms with Crippen molar-refractivity contribution < 1.29 is 9.53 Å². The first kappa shape index (κ1) is 13.5. The maximum Gasteiger partial charge on any atom is 0.239 e. The monoisotopic (exact) mass is 236 g/mol. The van der Waals surface area contributed by atoms with Crippen LogP contribution in [-0.4, -0.2) is 18.6 Å². The van der Waals surface area contributed by atoms with E-state index in [-0.39, 0.29) is 11.9 Å². The van der Waals surface area contributed by atoms with E-state index in [0.717, 1.165) is 11.3 Å². The van der Waals surface area contributed by atoms with Crippen LogP contribution in [0.2, 0.25) is 0 Å². The number of rotatable bonds is 4. The van der Waals surface area contributed by atoms with Crippen molar-refractivity contribution in [1.29, 1.82) is 0 Å². The van der Waals surface area contributed by atoms with Gasteiger partial charge in [-0.15, -0.1) is 0 Å². The Bertz CT molecular complexity index is 379. The lowest BCUT2D eigenvalue weighted by Gasteiger charge is -2.22. The van der Waals surface area contributed by atoms with E-state index in [2.05, 4.69) is 5.32 Å². The molecule has 1 aromatic rings. The molecular weight excluding hydrogens is 216 g/mol. The number of hydrogen-bond donors (Lipinski definition) is 2. The van der Waals surface area contributed by atoms with E-state index in [4.69, 9.17) is 10.5 Å². The largest absolute Gasteiger partial charge is 0.497 e. The summed E-state index contributed by atoms with van der Waals surface area (Å²) < 4.78 is 5.08. The molecule has 1 atom stereocenters. The van der Waals surface area contributed by atoms with Gasteiger partial charge in [0.1, 0.15) is 5.75 Å². The molecule has 0 saturated carbocycles. The Balaban J connectivity index is 2.70. The molecule has 0 heterocycles. The van der Waals surface area contributed by atoms with Crippen molar-refractivity contribution >= 4 is 5.91 Å². The summed E-state index contributed by atoms with van der Waals surface area (Å²) in [7, 11) is 1.62. The zero-order valence-electron chi connectivity index (χ0n) is 10.8. The van der Waals surface area contributed by atoms with Gasteiger partial charge in [-0.1, -0.05) is 12.1 Å². The summed E-state index contributed by atoms with van der Waals surface area (Å²) in [5.74, 6) is 0.632. The third-order valence-corrected chi connectivity index (χ3v) is 2.55. The van der Waals surface area contributed by atoms with Crippen molar-refractivity contribution in [2.45, 2.75) is 32.4 Å².